The van der Waals surface area contributed by atoms with Crippen LogP contribution in [-0.4, -0.2) is 49.8 Å². The van der Waals surface area contributed by atoms with Crippen LogP contribution in [0.15, 0.2) is 78.9 Å². The van der Waals surface area contributed by atoms with E-state index in [1.807, 2.05) is 78.9 Å². The van der Waals surface area contributed by atoms with Crippen molar-refractivity contribution in [2.24, 2.45) is 0 Å². The number of carbonyl (C=O) groups is 2. The van der Waals surface area contributed by atoms with Crippen LogP contribution in [0, 0.1) is 0 Å². The number of aromatic nitrogens is 1. The Morgan fingerprint density at radius 2 is 1.51 bits per heavy atom. The van der Waals surface area contributed by atoms with E-state index in [-0.39, 0.29) is 25.7 Å². The highest BCUT2D eigenvalue weighted by Gasteiger charge is 2.28. The van der Waals surface area contributed by atoms with E-state index in [9.17, 15) is 9.59 Å². The lowest BCUT2D eigenvalue weighted by molar-refractivity contribution is -0.142. The number of amides is 1. The van der Waals surface area contributed by atoms with Crippen molar-refractivity contribution in [3.05, 3.63) is 78.9 Å². The number of pyridine rings is 1. The lowest BCUT2D eigenvalue weighted by Crippen LogP contribution is -2.42. The van der Waals surface area contributed by atoms with Gasteiger partial charge in [0.25, 0.3) is 5.91 Å². The Morgan fingerprint density at radius 3 is 2.31 bits per heavy atom. The van der Waals surface area contributed by atoms with E-state index < -0.39 is 5.97 Å². The molecule has 6 rings (SSSR count). The largest absolute Gasteiger partial charge is 0.486 e. The first-order valence-corrected chi connectivity index (χ1v) is 12.8. The van der Waals surface area contributed by atoms with E-state index >= 15 is 0 Å². The Bertz CT molecular complexity index is 1550. The first-order valence-electron chi connectivity index (χ1n) is 12.8. The molecule has 39 heavy (non-hydrogen) atoms. The molecule has 3 aromatic carbocycles. The summed E-state index contributed by atoms with van der Waals surface area (Å²) in [6.07, 6.45) is 0. The van der Waals surface area contributed by atoms with E-state index in [4.69, 9.17) is 23.9 Å². The number of nitrogens with zero attached hydrogens (tertiary/aromatic N) is 2. The van der Waals surface area contributed by atoms with Crippen LogP contribution in [0.1, 0.15) is 6.92 Å². The van der Waals surface area contributed by atoms with Crippen molar-refractivity contribution in [1.29, 1.82) is 0 Å². The van der Waals surface area contributed by atoms with Crippen LogP contribution in [-0.2, 0) is 14.3 Å². The highest BCUT2D eigenvalue weighted by atomic mass is 16.6. The van der Waals surface area contributed by atoms with Crippen LogP contribution in [0.4, 0.5) is 5.69 Å². The molecule has 1 amide bonds. The fourth-order valence-electron chi connectivity index (χ4n) is 4.70. The van der Waals surface area contributed by atoms with Gasteiger partial charge in [-0.2, -0.15) is 0 Å². The Morgan fingerprint density at radius 1 is 0.795 bits per heavy atom. The predicted molar refractivity (Wildman–Crippen MR) is 146 cm³/mol. The molecule has 1 aromatic heterocycles. The number of rotatable bonds is 6. The Balaban J connectivity index is 1.45. The van der Waals surface area contributed by atoms with Gasteiger partial charge in [0.05, 0.1) is 23.7 Å². The monoisotopic (exact) mass is 522 g/mol. The third-order valence-electron chi connectivity index (χ3n) is 6.56. The molecular weight excluding hydrogens is 496 g/mol. The molecule has 0 unspecified atom stereocenters. The maximum Gasteiger partial charge on any atom is 0.326 e. The highest BCUT2D eigenvalue weighted by molar-refractivity contribution is 6.02. The van der Waals surface area contributed by atoms with Crippen molar-refractivity contribution in [2.75, 3.05) is 37.9 Å². The number of fused-ring (bicyclic) bond motifs is 2. The lowest BCUT2D eigenvalue weighted by atomic mass is 9.98. The molecule has 0 atom stereocenters. The molecule has 2 aliphatic heterocycles. The van der Waals surface area contributed by atoms with Crippen molar-refractivity contribution >= 4 is 17.6 Å². The topological polar surface area (TPSA) is 87.2 Å². The maximum absolute atomic E-state index is 12.7. The van der Waals surface area contributed by atoms with Crippen LogP contribution in [0.5, 0.6) is 17.2 Å². The van der Waals surface area contributed by atoms with Gasteiger partial charge in [-0.25, -0.2) is 4.98 Å². The summed E-state index contributed by atoms with van der Waals surface area (Å²) in [5, 5.41) is 0. The zero-order valence-corrected chi connectivity index (χ0v) is 21.4. The van der Waals surface area contributed by atoms with Gasteiger partial charge in [0, 0.05) is 11.1 Å². The standard InChI is InChI=1S/C31H26N2O6/c1-2-36-31(35)18-33-26-16-21(8-10-27(26)39-19-30(33)34)23-14-24(20-6-4-3-5-7-20)32-25(15-23)22-9-11-28-29(17-22)38-13-12-37-28/h3-11,14-17H,2,12-13,18-19H2,1H3. The number of hydrogen-bond acceptors (Lipinski definition) is 7. The predicted octanol–water partition coefficient (Wildman–Crippen LogP) is 5.14. The summed E-state index contributed by atoms with van der Waals surface area (Å²) in [5.41, 5.74) is 5.68. The number of ether oxygens (including phenoxy) is 4. The second-order valence-electron chi connectivity index (χ2n) is 9.11. The van der Waals surface area contributed by atoms with E-state index in [1.165, 1.54) is 4.90 Å². The molecule has 3 heterocycles. The summed E-state index contributed by atoms with van der Waals surface area (Å²) in [5.74, 6) is 1.16. The van der Waals surface area contributed by atoms with Crippen LogP contribution in [0.3, 0.4) is 0 Å². The fourth-order valence-corrected chi connectivity index (χ4v) is 4.70. The van der Waals surface area contributed by atoms with Gasteiger partial charge in [-0.15, -0.1) is 0 Å². The van der Waals surface area contributed by atoms with Gasteiger partial charge in [0.2, 0.25) is 0 Å². The first-order chi connectivity index (χ1) is 19.1. The third kappa shape index (κ3) is 5.01. The molecule has 0 fully saturated rings. The van der Waals surface area contributed by atoms with Crippen molar-refractivity contribution < 1.29 is 28.5 Å². The summed E-state index contributed by atoms with van der Waals surface area (Å²) < 4.78 is 22.2. The molecule has 0 saturated carbocycles. The summed E-state index contributed by atoms with van der Waals surface area (Å²) >= 11 is 0. The lowest BCUT2D eigenvalue weighted by Gasteiger charge is -2.29. The average molecular weight is 523 g/mol. The van der Waals surface area contributed by atoms with Crippen LogP contribution >= 0.6 is 0 Å². The van der Waals surface area contributed by atoms with E-state index in [0.717, 1.165) is 33.6 Å². The Kier molecular flexibility index (Phi) is 6.59. The molecule has 0 saturated heterocycles. The quantitative estimate of drug-likeness (QED) is 0.324. The summed E-state index contributed by atoms with van der Waals surface area (Å²) in [6, 6.07) is 25.4. The maximum atomic E-state index is 12.7. The van der Waals surface area contributed by atoms with Crippen LogP contribution in [0.25, 0.3) is 33.6 Å². The average Bonchev–Trinajstić information content (AvgIpc) is 2.98. The number of esters is 1. The van der Waals surface area contributed by atoms with Gasteiger partial charge in [-0.3, -0.25) is 14.5 Å². The minimum Gasteiger partial charge on any atom is -0.486 e. The molecule has 0 N–H and O–H groups in total. The first kappa shape index (κ1) is 24.5. The van der Waals surface area contributed by atoms with Crippen LogP contribution < -0.4 is 19.1 Å². The van der Waals surface area contributed by atoms with Gasteiger partial charge in [-0.1, -0.05) is 36.4 Å². The smallest absolute Gasteiger partial charge is 0.326 e. The number of carbonyl (C=O) groups excluding carboxylic acids is 2. The van der Waals surface area contributed by atoms with E-state index in [1.54, 1.807) is 6.92 Å². The van der Waals surface area contributed by atoms with Gasteiger partial charge in [0.1, 0.15) is 25.5 Å². The number of anilines is 1. The molecule has 0 bridgehead atoms. The SMILES string of the molecule is CCOC(=O)CN1C(=O)COc2ccc(-c3cc(-c4ccccc4)nc(-c4ccc5c(c4)OCCO5)c3)cc21. The molecule has 8 heteroatoms. The molecule has 0 spiro atoms. The molecule has 2 aliphatic rings. The van der Waals surface area contributed by atoms with Crippen molar-refractivity contribution in [3.8, 4) is 50.9 Å². The van der Waals surface area contributed by atoms with Gasteiger partial charge < -0.3 is 18.9 Å². The summed E-state index contributed by atoms with van der Waals surface area (Å²) in [7, 11) is 0. The van der Waals surface area contributed by atoms with Gasteiger partial charge in [-0.05, 0) is 60.5 Å². The fraction of sp³-hybridized carbons (Fsp3) is 0.194. The van der Waals surface area contributed by atoms with Crippen molar-refractivity contribution in [3.63, 3.8) is 0 Å². The summed E-state index contributed by atoms with van der Waals surface area (Å²) in [6.45, 7) is 2.69. The third-order valence-corrected chi connectivity index (χ3v) is 6.56. The van der Waals surface area contributed by atoms with Crippen molar-refractivity contribution in [1.82, 2.24) is 4.98 Å². The van der Waals surface area contributed by atoms with E-state index in [2.05, 4.69) is 0 Å². The number of benzene rings is 3. The number of hydrogen-bond donors (Lipinski definition) is 0. The molecular formula is C31H26N2O6. The second-order valence-corrected chi connectivity index (χ2v) is 9.11. The normalized spacial score (nSPS) is 13.9. The molecule has 8 nitrogen and oxygen atoms in total. The molecule has 4 aromatic rings. The van der Waals surface area contributed by atoms with Gasteiger partial charge in [0.15, 0.2) is 18.1 Å². The van der Waals surface area contributed by atoms with E-state index in [0.29, 0.717) is 36.1 Å². The zero-order chi connectivity index (χ0) is 26.8. The molecule has 0 radical (unpaired) electrons. The van der Waals surface area contributed by atoms with Crippen LogP contribution in [0.2, 0.25) is 0 Å². The molecule has 196 valence electrons. The zero-order valence-electron chi connectivity index (χ0n) is 21.4. The summed E-state index contributed by atoms with van der Waals surface area (Å²) in [4.78, 5) is 31.3. The van der Waals surface area contributed by atoms with Crippen molar-refractivity contribution in [2.45, 2.75) is 6.92 Å². The molecule has 0 aliphatic carbocycles. The van der Waals surface area contributed by atoms with Gasteiger partial charge >= 0.3 is 5.97 Å². The highest BCUT2D eigenvalue weighted by Crippen LogP contribution is 2.39. The minimum absolute atomic E-state index is 0.132. The Hall–Kier alpha value is -4.85. The Labute approximate surface area is 225 Å². The second kappa shape index (κ2) is 10.5. The minimum atomic E-state index is -0.472.